The van der Waals surface area contributed by atoms with Crippen LogP contribution in [0, 0.1) is 11.8 Å². The van der Waals surface area contributed by atoms with E-state index in [-0.39, 0.29) is 108 Å². The third-order valence-corrected chi connectivity index (χ3v) is 16.0. The number of hydrogen-bond donors (Lipinski definition) is 25. The van der Waals surface area contributed by atoms with Gasteiger partial charge in [-0.25, -0.2) is 4.79 Å². The van der Waals surface area contributed by atoms with Gasteiger partial charge in [-0.2, -0.15) is 12.6 Å². The summed E-state index contributed by atoms with van der Waals surface area (Å²) in [5, 5.41) is 82.5. The number of hydrogen-bond acceptors (Lipinski definition) is 25. The molecular weight excluding hydrogens is 1390 g/mol. The first kappa shape index (κ1) is 95.1. The minimum absolute atomic E-state index is 0.00115. The standard InChI is InChI=1S/C62H111N19O22S/c1-6-33(4)50(67)60(100)81-51(34(5)84)61(101)77-35(13-7-10-20-63)52(92)70-27-47(88)72-36(14-8-11-21-64)55(95)79-41(29-82)58(98)76-38(16-17-44(66)85)57(97)75-37(15-9-12-22-65)56(96)80-42(30-83)59(99)78-39(25-32(2)3)54(94)71-28-48(89)73-40(26-49(90)91)53(93)69-24-18-45(86)68-23-19-46(87)74-43(31-104)62(102)103/h32-43,50-51,82-84,104H,6-31,63-65,67H2,1-5H3,(H2,66,85)(H,68,86)(H,69,93)(H,70,92)(H,71,94)(H,72,88)(H,73,89)(H,74,87)(H,75,97)(H,76,98)(H,77,101)(H,78,99)(H,79,95)(H,80,96)(H,81,100)(H,90,91)(H,102,103)/t33-,34+,35-,36-,37-,38-,39-,40-,41-,42-,43-,50-,51-/m0/s1. The van der Waals surface area contributed by atoms with Gasteiger partial charge in [0.15, 0.2) is 0 Å². The summed E-state index contributed by atoms with van der Waals surface area (Å²) in [6, 6.07) is -16.8. The van der Waals surface area contributed by atoms with E-state index in [0.29, 0.717) is 25.7 Å². The lowest BCUT2D eigenvalue weighted by atomic mass is 9.98. The third kappa shape index (κ3) is 39.6. The van der Waals surface area contributed by atoms with Crippen LogP contribution in [0.25, 0.3) is 0 Å². The Balaban J connectivity index is 6.33. The van der Waals surface area contributed by atoms with E-state index in [1.54, 1.807) is 20.8 Å². The number of aliphatic hydroxyl groups is 3. The van der Waals surface area contributed by atoms with Crippen molar-refractivity contribution < 1.29 is 107 Å². The van der Waals surface area contributed by atoms with Crippen molar-refractivity contribution in [3.05, 3.63) is 0 Å². The Labute approximate surface area is 607 Å². The van der Waals surface area contributed by atoms with Crippen LogP contribution in [-0.2, 0) is 81.5 Å². The maximum absolute atomic E-state index is 14.1. The smallest absolute Gasteiger partial charge is 0.327 e. The highest BCUT2D eigenvalue weighted by Crippen LogP contribution is 2.11. The average molecular weight is 1510 g/mol. The highest BCUT2D eigenvalue weighted by Gasteiger charge is 2.36. The van der Waals surface area contributed by atoms with Crippen molar-refractivity contribution in [2.45, 2.75) is 210 Å². The lowest BCUT2D eigenvalue weighted by molar-refractivity contribution is -0.141. The highest BCUT2D eigenvalue weighted by atomic mass is 32.1. The van der Waals surface area contributed by atoms with Crippen molar-refractivity contribution in [3.63, 3.8) is 0 Å². The fraction of sp³-hybridized carbons (Fsp3) is 0.726. The summed E-state index contributed by atoms with van der Waals surface area (Å²) in [4.78, 5) is 222. The molecule has 592 valence electrons. The quantitative estimate of drug-likeness (QED) is 0.0199. The molecular formula is C62H111N19O22S. The molecule has 29 N–H and O–H groups in total. The predicted octanol–water partition coefficient (Wildman–Crippen LogP) is -9.99. The molecule has 0 spiro atoms. The molecule has 13 atom stereocenters. The number of carboxylic acid groups (broad SMARTS) is 2. The Hall–Kier alpha value is -8.94. The van der Waals surface area contributed by atoms with Gasteiger partial charge in [-0.15, -0.1) is 0 Å². The van der Waals surface area contributed by atoms with Crippen LogP contribution in [0.3, 0.4) is 0 Å². The topological polar surface area (TPSA) is 690 Å². The van der Waals surface area contributed by atoms with E-state index in [9.17, 15) is 102 Å². The Bertz CT molecular complexity index is 2850. The van der Waals surface area contributed by atoms with Crippen LogP contribution in [-0.4, -0.2) is 263 Å². The molecule has 41 nitrogen and oxygen atoms in total. The van der Waals surface area contributed by atoms with Gasteiger partial charge >= 0.3 is 11.9 Å². The van der Waals surface area contributed by atoms with Crippen molar-refractivity contribution in [2.24, 2.45) is 40.5 Å². The average Bonchev–Trinajstić information content (AvgIpc) is 0.865. The van der Waals surface area contributed by atoms with Gasteiger partial charge < -0.3 is 129 Å². The van der Waals surface area contributed by atoms with Crippen LogP contribution in [0.2, 0.25) is 0 Å². The van der Waals surface area contributed by atoms with E-state index in [4.69, 9.17) is 33.8 Å². The molecule has 0 aliphatic carbocycles. The lowest BCUT2D eigenvalue weighted by Gasteiger charge is -2.27. The summed E-state index contributed by atoms with van der Waals surface area (Å²) in [5.41, 5.74) is 28.5. The molecule has 0 radical (unpaired) electrons. The van der Waals surface area contributed by atoms with Crippen LogP contribution >= 0.6 is 12.6 Å². The lowest BCUT2D eigenvalue weighted by Crippen LogP contribution is -2.61. The van der Waals surface area contributed by atoms with Crippen molar-refractivity contribution in [1.29, 1.82) is 0 Å². The first-order valence-corrected chi connectivity index (χ1v) is 34.9. The number of thiol groups is 1. The summed E-state index contributed by atoms with van der Waals surface area (Å²) < 4.78 is 0. The molecule has 0 aliphatic heterocycles. The van der Waals surface area contributed by atoms with Gasteiger partial charge in [0.1, 0.15) is 60.4 Å². The van der Waals surface area contributed by atoms with Gasteiger partial charge in [-0.05, 0) is 109 Å². The number of carboxylic acids is 2. The van der Waals surface area contributed by atoms with Crippen LogP contribution < -0.4 is 103 Å². The summed E-state index contributed by atoms with van der Waals surface area (Å²) in [6.45, 7) is 4.12. The zero-order valence-electron chi connectivity index (χ0n) is 59.5. The van der Waals surface area contributed by atoms with Gasteiger partial charge in [0, 0.05) is 38.1 Å². The molecule has 0 unspecified atom stereocenters. The minimum atomic E-state index is -1.87. The molecule has 0 aromatic heterocycles. The van der Waals surface area contributed by atoms with Gasteiger partial charge in [0.05, 0.1) is 44.9 Å². The summed E-state index contributed by atoms with van der Waals surface area (Å²) >= 11 is 3.84. The molecule has 0 saturated carbocycles. The number of aliphatic hydroxyl groups excluding tert-OH is 3. The van der Waals surface area contributed by atoms with Gasteiger partial charge in [-0.3, -0.25) is 76.7 Å². The van der Waals surface area contributed by atoms with Gasteiger partial charge in [0.2, 0.25) is 88.6 Å². The molecule has 0 aromatic rings. The maximum atomic E-state index is 14.1. The molecule has 15 amide bonds. The molecule has 104 heavy (non-hydrogen) atoms. The van der Waals surface area contributed by atoms with Crippen LogP contribution in [0.1, 0.15) is 137 Å². The highest BCUT2D eigenvalue weighted by molar-refractivity contribution is 7.80. The number of primary amides is 1. The van der Waals surface area contributed by atoms with E-state index in [0.717, 1.165) is 0 Å². The summed E-state index contributed by atoms with van der Waals surface area (Å²) in [5.74, 6) is -18.2. The van der Waals surface area contributed by atoms with E-state index >= 15 is 0 Å². The largest absolute Gasteiger partial charge is 0.481 e. The number of nitrogens with two attached hydrogens (primary N) is 5. The zero-order chi connectivity index (χ0) is 79.2. The Morgan fingerprint density at radius 1 is 0.413 bits per heavy atom. The zero-order valence-corrected chi connectivity index (χ0v) is 60.4. The van der Waals surface area contributed by atoms with E-state index in [2.05, 4.69) is 87.1 Å². The second-order valence-electron chi connectivity index (χ2n) is 24.9. The molecule has 0 rings (SSSR count). The summed E-state index contributed by atoms with van der Waals surface area (Å²) in [6.07, 6.45) is -2.27. The number of unbranched alkanes of at least 4 members (excludes halogenated alkanes) is 3. The third-order valence-electron chi connectivity index (χ3n) is 15.7. The normalized spacial score (nSPS) is 14.8. The number of nitrogens with one attached hydrogen (secondary N) is 14. The molecule has 0 saturated heterocycles. The first-order valence-electron chi connectivity index (χ1n) is 34.2. The number of carbonyl (C=O) groups excluding carboxylic acids is 15. The first-order chi connectivity index (χ1) is 49.0. The fourth-order valence-corrected chi connectivity index (χ4v) is 9.70. The van der Waals surface area contributed by atoms with Gasteiger partial charge in [-0.1, -0.05) is 34.1 Å². The second-order valence-corrected chi connectivity index (χ2v) is 25.3. The molecule has 0 bridgehead atoms. The predicted molar refractivity (Wildman–Crippen MR) is 374 cm³/mol. The van der Waals surface area contributed by atoms with Crippen molar-refractivity contribution >= 4 is 113 Å². The fourth-order valence-electron chi connectivity index (χ4n) is 9.46. The van der Waals surface area contributed by atoms with Crippen molar-refractivity contribution in [1.82, 2.24) is 74.4 Å². The summed E-state index contributed by atoms with van der Waals surface area (Å²) in [7, 11) is 0. The monoisotopic (exact) mass is 1510 g/mol. The molecule has 0 heterocycles. The second kappa shape index (κ2) is 52.9. The number of amides is 15. The Morgan fingerprint density at radius 2 is 0.798 bits per heavy atom. The molecule has 0 aromatic carbocycles. The van der Waals surface area contributed by atoms with Crippen LogP contribution in [0.5, 0.6) is 0 Å². The number of aliphatic carboxylic acids is 2. The molecule has 0 fully saturated rings. The Kier molecular flexibility index (Phi) is 48.4. The number of rotatable bonds is 56. The van der Waals surface area contributed by atoms with E-state index < -0.39 is 219 Å². The SMILES string of the molecule is CC[C@H](C)[C@H](N)C(=O)N[C@H](C(=O)N[C@@H](CCCCN)C(=O)NCC(=O)N[C@@H](CCCCN)C(=O)N[C@@H](CO)C(=O)N[C@@H](CCC(N)=O)C(=O)N[C@@H](CCCCN)C(=O)N[C@@H](CO)C(=O)N[C@@H](CC(C)C)C(=O)NCC(=O)N[C@@H](CC(=O)O)C(=O)NCCC(=O)NCCC(=O)N[C@@H](CS)C(=O)O)[C@@H](C)O. The van der Waals surface area contributed by atoms with Crippen molar-refractivity contribution in [3.8, 4) is 0 Å². The van der Waals surface area contributed by atoms with Crippen LogP contribution in [0.4, 0.5) is 0 Å². The van der Waals surface area contributed by atoms with Crippen molar-refractivity contribution in [2.75, 3.05) is 64.8 Å². The van der Waals surface area contributed by atoms with Gasteiger partial charge in [0.25, 0.3) is 0 Å². The number of carbonyl (C=O) groups is 17. The molecule has 42 heteroatoms. The maximum Gasteiger partial charge on any atom is 0.327 e. The van der Waals surface area contributed by atoms with E-state index in [1.807, 2.05) is 6.92 Å². The van der Waals surface area contributed by atoms with E-state index in [1.165, 1.54) is 6.92 Å². The minimum Gasteiger partial charge on any atom is -0.481 e. The molecule has 0 aliphatic rings. The Morgan fingerprint density at radius 3 is 1.22 bits per heavy atom. The van der Waals surface area contributed by atoms with Crippen LogP contribution in [0.15, 0.2) is 0 Å².